The number of H-pyrrole nitrogens is 1. The number of halogens is 3. The molecule has 178 valence electrons. The molecule has 0 saturated carbocycles. The maximum atomic E-state index is 12.7. The average molecular weight is 570 g/mol. The minimum Gasteiger partial charge on any atom is -0.433 e. The van der Waals surface area contributed by atoms with Crippen LogP contribution in [0.1, 0.15) is 18.7 Å². The number of nitrogens with one attached hydrogen (secondary N) is 3. The summed E-state index contributed by atoms with van der Waals surface area (Å²) in [5, 5.41) is 6.78. The summed E-state index contributed by atoms with van der Waals surface area (Å²) in [5.74, 6) is 1.92. The summed E-state index contributed by atoms with van der Waals surface area (Å²) < 4.78 is 30.1. The SMILES string of the molecule is CN=C(NCCCc1nc2ccccc2[nH]1)NC1CCN(c2ccccc2OC(F)F)C1.I. The second kappa shape index (κ2) is 12.0. The predicted molar refractivity (Wildman–Crippen MR) is 138 cm³/mol. The molecule has 1 saturated heterocycles. The summed E-state index contributed by atoms with van der Waals surface area (Å²) in [4.78, 5) is 14.3. The summed E-state index contributed by atoms with van der Waals surface area (Å²) in [6.45, 7) is -0.637. The number of fused-ring (bicyclic) bond motifs is 1. The first-order chi connectivity index (χ1) is 15.6. The maximum absolute atomic E-state index is 12.7. The lowest BCUT2D eigenvalue weighted by Crippen LogP contribution is -2.45. The molecule has 1 unspecified atom stereocenters. The Morgan fingerprint density at radius 3 is 2.82 bits per heavy atom. The van der Waals surface area contributed by atoms with E-state index in [4.69, 9.17) is 0 Å². The highest BCUT2D eigenvalue weighted by Crippen LogP contribution is 2.31. The van der Waals surface area contributed by atoms with Gasteiger partial charge in [-0.1, -0.05) is 24.3 Å². The van der Waals surface area contributed by atoms with Crippen LogP contribution < -0.4 is 20.3 Å². The lowest BCUT2D eigenvalue weighted by atomic mass is 10.2. The molecule has 0 radical (unpaired) electrons. The van der Waals surface area contributed by atoms with Crippen molar-refractivity contribution in [2.45, 2.75) is 31.9 Å². The standard InChI is InChI=1S/C23H28F2N6O.HI/c1-26-23(27-13-6-11-21-29-17-7-2-3-8-18(17)30-21)28-16-12-14-31(15-16)19-9-4-5-10-20(19)32-22(24)25;/h2-5,7-10,16,22H,6,11-15H2,1H3,(H,29,30)(H2,26,27,28);1H. The third-order valence-electron chi connectivity index (χ3n) is 5.50. The summed E-state index contributed by atoms with van der Waals surface area (Å²) in [6.07, 6.45) is 2.63. The van der Waals surface area contributed by atoms with E-state index >= 15 is 0 Å². The molecule has 7 nitrogen and oxygen atoms in total. The van der Waals surface area contributed by atoms with Crippen molar-refractivity contribution in [1.29, 1.82) is 0 Å². The van der Waals surface area contributed by atoms with Crippen molar-refractivity contribution in [2.24, 2.45) is 4.99 Å². The van der Waals surface area contributed by atoms with E-state index in [9.17, 15) is 8.78 Å². The van der Waals surface area contributed by atoms with Gasteiger partial charge in [0.15, 0.2) is 5.96 Å². The van der Waals surface area contributed by atoms with E-state index in [1.807, 2.05) is 36.4 Å². The van der Waals surface area contributed by atoms with Crippen LogP contribution in [-0.4, -0.2) is 55.3 Å². The van der Waals surface area contributed by atoms with Gasteiger partial charge in [-0.25, -0.2) is 4.98 Å². The minimum atomic E-state index is -2.84. The second-order valence-corrected chi connectivity index (χ2v) is 7.73. The van der Waals surface area contributed by atoms with E-state index in [2.05, 4.69) is 35.2 Å². The smallest absolute Gasteiger partial charge is 0.387 e. The number of hydrogen-bond donors (Lipinski definition) is 3. The molecule has 33 heavy (non-hydrogen) atoms. The highest BCUT2D eigenvalue weighted by molar-refractivity contribution is 14.0. The largest absolute Gasteiger partial charge is 0.433 e. The van der Waals surface area contributed by atoms with Crippen molar-refractivity contribution in [2.75, 3.05) is 31.6 Å². The van der Waals surface area contributed by atoms with E-state index in [1.54, 1.807) is 19.2 Å². The Hall–Kier alpha value is -2.63. The van der Waals surface area contributed by atoms with Crippen LogP contribution in [0.3, 0.4) is 0 Å². The lowest BCUT2D eigenvalue weighted by Gasteiger charge is -2.22. The van der Waals surface area contributed by atoms with Crippen molar-refractivity contribution >= 4 is 46.7 Å². The number of aromatic amines is 1. The highest BCUT2D eigenvalue weighted by atomic mass is 127. The maximum Gasteiger partial charge on any atom is 0.387 e. The third kappa shape index (κ3) is 6.68. The Labute approximate surface area is 209 Å². The predicted octanol–water partition coefficient (Wildman–Crippen LogP) is 4.16. The first-order valence-electron chi connectivity index (χ1n) is 10.8. The molecule has 2 heterocycles. The number of ether oxygens (including phenoxy) is 1. The number of para-hydroxylation sites is 4. The van der Waals surface area contributed by atoms with Gasteiger partial charge in [-0.2, -0.15) is 8.78 Å². The summed E-state index contributed by atoms with van der Waals surface area (Å²) in [7, 11) is 1.74. The number of guanidine groups is 1. The number of alkyl halides is 2. The van der Waals surface area contributed by atoms with Gasteiger partial charge in [0.25, 0.3) is 0 Å². The van der Waals surface area contributed by atoms with Crippen LogP contribution in [0.2, 0.25) is 0 Å². The number of hydrogen-bond acceptors (Lipinski definition) is 4. The van der Waals surface area contributed by atoms with E-state index in [-0.39, 0.29) is 35.8 Å². The summed E-state index contributed by atoms with van der Waals surface area (Å²) >= 11 is 0. The molecule has 3 aromatic rings. The van der Waals surface area contributed by atoms with Crippen molar-refractivity contribution in [3.8, 4) is 5.75 Å². The van der Waals surface area contributed by atoms with Crippen molar-refractivity contribution in [3.63, 3.8) is 0 Å². The van der Waals surface area contributed by atoms with Gasteiger partial charge >= 0.3 is 6.61 Å². The van der Waals surface area contributed by atoms with Crippen molar-refractivity contribution < 1.29 is 13.5 Å². The molecule has 0 bridgehead atoms. The molecular formula is C23H29F2IN6O. The first kappa shape index (κ1) is 25.0. The molecule has 2 aromatic carbocycles. The third-order valence-corrected chi connectivity index (χ3v) is 5.50. The molecule has 3 N–H and O–H groups in total. The molecule has 0 aliphatic carbocycles. The Kier molecular flexibility index (Phi) is 9.10. The quantitative estimate of drug-likeness (QED) is 0.164. The molecular weight excluding hydrogens is 541 g/mol. The van der Waals surface area contributed by atoms with Gasteiger partial charge in [0, 0.05) is 39.1 Å². The van der Waals surface area contributed by atoms with Crippen LogP contribution in [0.25, 0.3) is 11.0 Å². The van der Waals surface area contributed by atoms with Gasteiger partial charge in [-0.05, 0) is 37.1 Å². The van der Waals surface area contributed by atoms with Gasteiger partial charge in [0.05, 0.1) is 16.7 Å². The van der Waals surface area contributed by atoms with Crippen LogP contribution >= 0.6 is 24.0 Å². The average Bonchev–Trinajstić information content (AvgIpc) is 3.42. The van der Waals surface area contributed by atoms with Crippen molar-refractivity contribution in [3.05, 3.63) is 54.4 Å². The molecule has 1 aromatic heterocycles. The summed E-state index contributed by atoms with van der Waals surface area (Å²) in [5.41, 5.74) is 2.73. The molecule has 1 aliphatic rings. The number of nitrogens with zero attached hydrogens (tertiary/aromatic N) is 3. The van der Waals surface area contributed by atoms with Gasteiger partial charge in [0.1, 0.15) is 11.6 Å². The van der Waals surface area contributed by atoms with E-state index in [0.29, 0.717) is 12.2 Å². The van der Waals surface area contributed by atoms with Crippen LogP contribution in [0, 0.1) is 0 Å². The Morgan fingerprint density at radius 1 is 1.24 bits per heavy atom. The molecule has 1 aliphatic heterocycles. The Morgan fingerprint density at radius 2 is 2.03 bits per heavy atom. The molecule has 1 fully saturated rings. The van der Waals surface area contributed by atoms with E-state index < -0.39 is 6.61 Å². The topological polar surface area (TPSA) is 77.6 Å². The second-order valence-electron chi connectivity index (χ2n) is 7.73. The fraction of sp³-hybridized carbons (Fsp3) is 0.391. The Bertz CT molecular complexity index is 1030. The van der Waals surface area contributed by atoms with Crippen LogP contribution in [0.15, 0.2) is 53.5 Å². The zero-order valence-corrected chi connectivity index (χ0v) is 20.8. The first-order valence-corrected chi connectivity index (χ1v) is 10.8. The van der Waals surface area contributed by atoms with Gasteiger partial charge in [0.2, 0.25) is 0 Å². The van der Waals surface area contributed by atoms with Gasteiger partial charge in [-0.3, -0.25) is 4.99 Å². The van der Waals surface area contributed by atoms with Crippen LogP contribution in [0.5, 0.6) is 5.75 Å². The van der Waals surface area contributed by atoms with Gasteiger partial charge < -0.3 is 25.3 Å². The van der Waals surface area contributed by atoms with Crippen molar-refractivity contribution in [1.82, 2.24) is 20.6 Å². The van der Waals surface area contributed by atoms with Gasteiger partial charge in [-0.15, -0.1) is 24.0 Å². The Balaban J connectivity index is 0.00000306. The minimum absolute atomic E-state index is 0. The van der Waals surface area contributed by atoms with E-state index in [1.165, 1.54) is 0 Å². The number of aliphatic imine (C=N–C) groups is 1. The zero-order valence-electron chi connectivity index (χ0n) is 18.4. The fourth-order valence-corrected chi connectivity index (χ4v) is 3.99. The molecule has 0 spiro atoms. The molecule has 10 heteroatoms. The number of rotatable bonds is 8. The number of imidazole rings is 1. The normalized spacial score (nSPS) is 16.2. The number of anilines is 1. The summed E-state index contributed by atoms with van der Waals surface area (Å²) in [6, 6.07) is 15.1. The van der Waals surface area contributed by atoms with Crippen LogP contribution in [-0.2, 0) is 6.42 Å². The monoisotopic (exact) mass is 570 g/mol. The highest BCUT2D eigenvalue weighted by Gasteiger charge is 2.26. The lowest BCUT2D eigenvalue weighted by molar-refractivity contribution is -0.0495. The number of aromatic nitrogens is 2. The number of aryl methyl sites for hydroxylation is 1. The molecule has 1 atom stereocenters. The number of benzene rings is 2. The fourth-order valence-electron chi connectivity index (χ4n) is 3.99. The van der Waals surface area contributed by atoms with E-state index in [0.717, 1.165) is 55.2 Å². The molecule has 0 amide bonds. The molecule has 4 rings (SSSR count). The van der Waals surface area contributed by atoms with Crippen LogP contribution in [0.4, 0.5) is 14.5 Å². The zero-order chi connectivity index (χ0) is 22.3.